The number of ether oxygens (including phenoxy) is 2. The fourth-order valence-corrected chi connectivity index (χ4v) is 2.74. The smallest absolute Gasteiger partial charge is 0.243 e. The highest BCUT2D eigenvalue weighted by Gasteiger charge is 2.08. The second-order valence-corrected chi connectivity index (χ2v) is 7.54. The van der Waals surface area contributed by atoms with Gasteiger partial charge in [-0.1, -0.05) is 58.2 Å². The molecule has 0 aliphatic carbocycles. The van der Waals surface area contributed by atoms with E-state index in [1.165, 1.54) is 19.3 Å². The maximum Gasteiger partial charge on any atom is 0.243 e. The van der Waals surface area contributed by atoms with Crippen LogP contribution in [0, 0.1) is 5.92 Å². The Morgan fingerprint density at radius 2 is 1.83 bits per heavy atom. The lowest BCUT2D eigenvalue weighted by Crippen LogP contribution is -2.22. The first-order valence-corrected chi connectivity index (χ1v) is 10.6. The quantitative estimate of drug-likeness (QED) is 0.423. The Bertz CT molecular complexity index is 746. The summed E-state index contributed by atoms with van der Waals surface area (Å²) >= 11 is 0. The van der Waals surface area contributed by atoms with Crippen molar-refractivity contribution in [1.82, 2.24) is 0 Å². The number of rotatable bonds is 13. The molecule has 2 aromatic rings. The summed E-state index contributed by atoms with van der Waals surface area (Å²) in [6.45, 7) is 7.87. The van der Waals surface area contributed by atoms with Gasteiger partial charge >= 0.3 is 0 Å². The van der Waals surface area contributed by atoms with Crippen molar-refractivity contribution in [2.45, 2.75) is 46.5 Å². The molecule has 0 aromatic heterocycles. The molecule has 2 aromatic carbocycles. The van der Waals surface area contributed by atoms with E-state index in [0.717, 1.165) is 24.5 Å². The predicted octanol–water partition coefficient (Wildman–Crippen LogP) is 5.73. The zero-order valence-electron chi connectivity index (χ0n) is 17.9. The summed E-state index contributed by atoms with van der Waals surface area (Å²) in [5.41, 5.74) is 1.54. The molecule has 0 saturated carbocycles. The van der Waals surface area contributed by atoms with E-state index in [0.29, 0.717) is 24.0 Å². The first-order chi connectivity index (χ1) is 14.1. The number of nitrogens with one attached hydrogen (secondary N) is 2. The minimum Gasteiger partial charge on any atom is -0.494 e. The Labute approximate surface area is 174 Å². The van der Waals surface area contributed by atoms with Crippen LogP contribution in [-0.2, 0) is 4.79 Å². The van der Waals surface area contributed by atoms with Crippen LogP contribution in [0.15, 0.2) is 48.5 Å². The minimum atomic E-state index is -0.128. The number of carbonyl (C=O) groups excluding carboxylic acids is 1. The van der Waals surface area contributed by atoms with E-state index < -0.39 is 0 Å². The second kappa shape index (κ2) is 12.7. The van der Waals surface area contributed by atoms with Crippen molar-refractivity contribution in [2.75, 3.05) is 30.4 Å². The minimum absolute atomic E-state index is 0.128. The van der Waals surface area contributed by atoms with Gasteiger partial charge in [-0.25, -0.2) is 0 Å². The van der Waals surface area contributed by atoms with E-state index >= 15 is 0 Å². The van der Waals surface area contributed by atoms with Crippen LogP contribution in [0.1, 0.15) is 46.5 Å². The van der Waals surface area contributed by atoms with E-state index in [4.69, 9.17) is 9.47 Å². The average Bonchev–Trinajstić information content (AvgIpc) is 2.72. The summed E-state index contributed by atoms with van der Waals surface area (Å²) in [5, 5.41) is 6.07. The van der Waals surface area contributed by atoms with Gasteiger partial charge in [0.15, 0.2) is 0 Å². The number of hydrogen-bond acceptors (Lipinski definition) is 4. The van der Waals surface area contributed by atoms with Crippen LogP contribution in [0.25, 0.3) is 0 Å². The first-order valence-electron chi connectivity index (χ1n) is 10.6. The summed E-state index contributed by atoms with van der Waals surface area (Å²) in [7, 11) is 0. The maximum atomic E-state index is 12.4. The third-order valence-corrected chi connectivity index (χ3v) is 4.29. The molecule has 2 rings (SSSR count). The molecule has 0 bridgehead atoms. The standard InChI is InChI=1S/C24H34N2O3/c1-4-5-6-9-15-28-21-12-10-11-20(16-21)25-17-24(27)26-22-13-7-8-14-23(22)29-18-19(2)3/h7-8,10-14,16,19,25H,4-6,9,15,17-18H2,1-3H3,(H,26,27). The predicted molar refractivity (Wildman–Crippen MR) is 120 cm³/mol. The fourth-order valence-electron chi connectivity index (χ4n) is 2.74. The number of anilines is 2. The van der Waals surface area contributed by atoms with Gasteiger partial charge in [0, 0.05) is 11.8 Å². The van der Waals surface area contributed by atoms with Crippen LogP contribution in [0.5, 0.6) is 11.5 Å². The molecule has 0 atom stereocenters. The molecular formula is C24H34N2O3. The molecule has 0 saturated heterocycles. The zero-order valence-corrected chi connectivity index (χ0v) is 17.9. The monoisotopic (exact) mass is 398 g/mol. The fraction of sp³-hybridized carbons (Fsp3) is 0.458. The van der Waals surface area contributed by atoms with Crippen molar-refractivity contribution < 1.29 is 14.3 Å². The van der Waals surface area contributed by atoms with Gasteiger partial charge in [-0.2, -0.15) is 0 Å². The Morgan fingerprint density at radius 3 is 2.62 bits per heavy atom. The number of para-hydroxylation sites is 2. The lowest BCUT2D eigenvalue weighted by atomic mass is 10.2. The Hall–Kier alpha value is -2.69. The molecule has 2 N–H and O–H groups in total. The summed E-state index contributed by atoms with van der Waals surface area (Å²) in [6, 6.07) is 15.2. The van der Waals surface area contributed by atoms with Crippen molar-refractivity contribution in [3.05, 3.63) is 48.5 Å². The SMILES string of the molecule is CCCCCCOc1cccc(NCC(=O)Nc2ccccc2OCC(C)C)c1. The maximum absolute atomic E-state index is 12.4. The normalized spacial score (nSPS) is 10.6. The van der Waals surface area contributed by atoms with Crippen LogP contribution in [-0.4, -0.2) is 25.7 Å². The van der Waals surface area contributed by atoms with Gasteiger partial charge < -0.3 is 20.1 Å². The summed E-state index contributed by atoms with van der Waals surface area (Å²) < 4.78 is 11.6. The lowest BCUT2D eigenvalue weighted by molar-refractivity contribution is -0.114. The molecule has 0 spiro atoms. The molecule has 5 heteroatoms. The van der Waals surface area contributed by atoms with E-state index in [-0.39, 0.29) is 12.5 Å². The Morgan fingerprint density at radius 1 is 1.00 bits per heavy atom. The van der Waals surface area contributed by atoms with Gasteiger partial charge in [0.1, 0.15) is 11.5 Å². The second-order valence-electron chi connectivity index (χ2n) is 7.54. The van der Waals surface area contributed by atoms with Gasteiger partial charge in [0.05, 0.1) is 25.4 Å². The molecule has 0 radical (unpaired) electrons. The van der Waals surface area contributed by atoms with Crippen molar-refractivity contribution in [2.24, 2.45) is 5.92 Å². The molecule has 0 aliphatic rings. The third kappa shape index (κ3) is 8.90. The van der Waals surface area contributed by atoms with Gasteiger partial charge in [-0.05, 0) is 36.6 Å². The highest BCUT2D eigenvalue weighted by molar-refractivity contribution is 5.95. The highest BCUT2D eigenvalue weighted by atomic mass is 16.5. The summed E-state index contributed by atoms with van der Waals surface area (Å²) in [4.78, 5) is 12.4. The topological polar surface area (TPSA) is 59.6 Å². The molecule has 0 fully saturated rings. The molecule has 0 unspecified atom stereocenters. The third-order valence-electron chi connectivity index (χ3n) is 4.29. The molecule has 158 valence electrons. The zero-order chi connectivity index (χ0) is 20.9. The molecule has 1 amide bonds. The summed E-state index contributed by atoms with van der Waals surface area (Å²) in [5.74, 6) is 1.80. The average molecular weight is 399 g/mol. The number of hydrogen-bond donors (Lipinski definition) is 2. The van der Waals surface area contributed by atoms with Gasteiger partial charge in [-0.15, -0.1) is 0 Å². The largest absolute Gasteiger partial charge is 0.494 e. The Kier molecular flexibility index (Phi) is 9.90. The van der Waals surface area contributed by atoms with Crippen LogP contribution < -0.4 is 20.1 Å². The van der Waals surface area contributed by atoms with Crippen LogP contribution in [0.4, 0.5) is 11.4 Å². The number of amides is 1. The van der Waals surface area contributed by atoms with E-state index in [9.17, 15) is 4.79 Å². The van der Waals surface area contributed by atoms with Crippen molar-refractivity contribution >= 4 is 17.3 Å². The van der Waals surface area contributed by atoms with Crippen molar-refractivity contribution in [3.63, 3.8) is 0 Å². The first kappa shape index (κ1) is 22.6. The van der Waals surface area contributed by atoms with E-state index in [2.05, 4.69) is 31.4 Å². The van der Waals surface area contributed by atoms with Crippen LogP contribution in [0.2, 0.25) is 0 Å². The van der Waals surface area contributed by atoms with E-state index in [1.807, 2.05) is 48.5 Å². The number of carbonyl (C=O) groups is 1. The lowest BCUT2D eigenvalue weighted by Gasteiger charge is -2.14. The van der Waals surface area contributed by atoms with Gasteiger partial charge in [0.2, 0.25) is 5.91 Å². The molecule has 5 nitrogen and oxygen atoms in total. The molecular weight excluding hydrogens is 364 g/mol. The number of benzene rings is 2. The van der Waals surface area contributed by atoms with Crippen LogP contribution in [0.3, 0.4) is 0 Å². The summed E-state index contributed by atoms with van der Waals surface area (Å²) in [6.07, 6.45) is 4.71. The van der Waals surface area contributed by atoms with Crippen LogP contribution >= 0.6 is 0 Å². The van der Waals surface area contributed by atoms with Gasteiger partial charge in [0.25, 0.3) is 0 Å². The van der Waals surface area contributed by atoms with E-state index in [1.54, 1.807) is 0 Å². The Balaban J connectivity index is 1.81. The molecule has 0 heterocycles. The van der Waals surface area contributed by atoms with Gasteiger partial charge in [-0.3, -0.25) is 4.79 Å². The highest BCUT2D eigenvalue weighted by Crippen LogP contribution is 2.24. The molecule has 29 heavy (non-hydrogen) atoms. The molecule has 0 aliphatic heterocycles. The van der Waals surface area contributed by atoms with Crippen molar-refractivity contribution in [3.8, 4) is 11.5 Å². The van der Waals surface area contributed by atoms with Crippen molar-refractivity contribution in [1.29, 1.82) is 0 Å². The number of unbranched alkanes of at least 4 members (excludes halogenated alkanes) is 3.